The zero-order valence-corrected chi connectivity index (χ0v) is 62.4. The van der Waals surface area contributed by atoms with Gasteiger partial charge in [0.05, 0.1) is 0 Å². The third kappa shape index (κ3) is 31.9. The fourth-order valence-electron chi connectivity index (χ4n) is 15.4. The molecule has 0 aromatic carbocycles. The van der Waals surface area contributed by atoms with Gasteiger partial charge in [0.15, 0.2) is 0 Å². The van der Waals surface area contributed by atoms with Crippen molar-refractivity contribution in [2.24, 2.45) is 88.8 Å². The van der Waals surface area contributed by atoms with E-state index in [0.29, 0.717) is 0 Å². The molecule has 450 valence electrons. The van der Waals surface area contributed by atoms with Crippen molar-refractivity contribution in [3.8, 4) is 0 Å². The Labute approximate surface area is 485 Å². The third-order valence-corrected chi connectivity index (χ3v) is 96.1. The van der Waals surface area contributed by atoms with Crippen molar-refractivity contribution in [3.05, 3.63) is 0 Å². The minimum atomic E-state index is -2.02. The van der Waals surface area contributed by atoms with E-state index in [1.54, 1.807) is 92.5 Å². The third-order valence-electron chi connectivity index (χ3n) is 19.2. The smallest absolute Gasteiger partial charge is 0.0380 e. The molecule has 0 saturated carbocycles. The van der Waals surface area contributed by atoms with Crippen LogP contribution in [-0.4, -0.2) is 38.0 Å². The number of hydrogen-bond acceptors (Lipinski definition) is 0. The highest BCUT2D eigenvalue weighted by atomic mass is 29.9. The molecule has 5 heteroatoms. The summed E-state index contributed by atoms with van der Waals surface area (Å²) in [5, 5.41) is 0. The van der Waals surface area contributed by atoms with Gasteiger partial charge >= 0.3 is 0 Å². The molecule has 0 spiro atoms. The Hall–Kier alpha value is 1.08. The van der Waals surface area contributed by atoms with Gasteiger partial charge in [-0.3, -0.25) is 0 Å². The Kier molecular flexibility index (Phi) is 41.7. The second-order valence-corrected chi connectivity index (χ2v) is 71.7. The molecule has 0 amide bonds. The second-order valence-electron chi connectivity index (χ2n) is 32.3. The van der Waals surface area contributed by atoms with Gasteiger partial charge in [-0.05, 0) is 88.8 Å². The van der Waals surface area contributed by atoms with Crippen LogP contribution in [0.3, 0.4) is 0 Å². The Balaban J connectivity index is 9.49. The molecule has 0 rings (SSSR count). The molecule has 0 aromatic heterocycles. The standard InChI is InChI=1S/C70H150Si5/c1-56(2)31-26-36-66(21)41-46-71(51-61(11)12)73(53-63(15)16,48-43-68(23)38-28-33-58(5)6)75(55-65(19)20,50-45-70(25)40-30-35-60(9)10)74(54-64(17)18,49-44-69(24)39-29-34-59(7)8)72(52-62(13)14)47-42-67(22)37-27-32-57(3)4/h56-70H,26-55H2,1-25H3/t66-,67-,68-,69-,70?,73?,74?,75?/m1/s1. The van der Waals surface area contributed by atoms with Crippen LogP contribution in [0, 0.1) is 88.8 Å². The zero-order valence-electron chi connectivity index (χ0n) is 57.4. The van der Waals surface area contributed by atoms with Crippen molar-refractivity contribution < 1.29 is 0 Å². The molecule has 0 N–H and O–H groups in total. The van der Waals surface area contributed by atoms with E-state index in [9.17, 15) is 0 Å². The van der Waals surface area contributed by atoms with Crippen molar-refractivity contribution >= 4 is 38.0 Å². The van der Waals surface area contributed by atoms with Crippen LogP contribution in [0.25, 0.3) is 0 Å². The van der Waals surface area contributed by atoms with Crippen molar-refractivity contribution in [2.75, 3.05) is 0 Å². The first-order valence-electron chi connectivity index (χ1n) is 34.6. The molecular weight excluding hydrogens is 981 g/mol. The average Bonchev–Trinajstić information content (AvgIpc) is 3.26. The van der Waals surface area contributed by atoms with Gasteiger partial charge in [-0.2, -0.15) is 0 Å². The van der Waals surface area contributed by atoms with Gasteiger partial charge in [-0.15, -0.1) is 0 Å². The Morgan fingerprint density at radius 2 is 0.467 bits per heavy atom. The van der Waals surface area contributed by atoms with Crippen molar-refractivity contribution in [1.29, 1.82) is 0 Å². The SMILES string of the molecule is CC(C)CCCC(C)CC[Si](CC(C)C)([Si](CC[C@H](C)CCCC(C)C)(CC(C)C)[Si](CC[C@H](C)CCCC(C)C)CC(C)C)[Si](CC[C@H](C)CCCC(C)C)(CC(C)C)[Si](CC[C@H](C)CCCC(C)C)CC(C)C. The van der Waals surface area contributed by atoms with E-state index in [-0.39, 0.29) is 0 Å². The van der Waals surface area contributed by atoms with Crippen LogP contribution in [0.2, 0.25) is 60.4 Å². The molecule has 0 aliphatic carbocycles. The summed E-state index contributed by atoms with van der Waals surface area (Å²) in [6.07, 6.45) is 29.6. The molecule has 0 heterocycles. The van der Waals surface area contributed by atoms with Gasteiger partial charge in [-0.1, -0.05) is 362 Å². The van der Waals surface area contributed by atoms with Crippen molar-refractivity contribution in [2.45, 2.75) is 362 Å². The monoisotopic (exact) mass is 1130 g/mol. The summed E-state index contributed by atoms with van der Waals surface area (Å²) in [6, 6.07) is 17.2. The summed E-state index contributed by atoms with van der Waals surface area (Å²) in [4.78, 5) is 0. The first kappa shape index (κ1) is 76.1. The molecule has 7 atom stereocenters. The van der Waals surface area contributed by atoms with Crippen LogP contribution in [0.5, 0.6) is 0 Å². The first-order valence-corrected chi connectivity index (χ1v) is 49.7. The predicted octanol–water partition coefficient (Wildman–Crippen LogP) is 25.2. The molecule has 0 nitrogen and oxygen atoms in total. The summed E-state index contributed by atoms with van der Waals surface area (Å²) in [6.45, 7) is 66.5. The Bertz CT molecular complexity index is 1240. The average molecular weight is 1130 g/mol. The maximum Gasteiger partial charge on any atom is 0.0380 e. The van der Waals surface area contributed by atoms with E-state index in [1.165, 1.54) is 96.3 Å². The molecular formula is C70H150Si5. The molecule has 75 heavy (non-hydrogen) atoms. The zero-order chi connectivity index (χ0) is 57.5. The molecule has 0 saturated heterocycles. The Morgan fingerprint density at radius 1 is 0.227 bits per heavy atom. The maximum atomic E-state index is 2.83. The van der Waals surface area contributed by atoms with Gasteiger partial charge < -0.3 is 0 Å². The highest BCUT2D eigenvalue weighted by molar-refractivity contribution is 7.89. The lowest BCUT2D eigenvalue weighted by atomic mass is 9.98. The lowest BCUT2D eigenvalue weighted by Gasteiger charge is -2.65. The largest absolute Gasteiger partial charge is 0.0631 e. The van der Waals surface area contributed by atoms with E-state index in [4.69, 9.17) is 0 Å². The highest BCUT2D eigenvalue weighted by Gasteiger charge is 2.68. The van der Waals surface area contributed by atoms with E-state index < -0.39 is 38.0 Å². The topological polar surface area (TPSA) is 0 Å². The quantitative estimate of drug-likeness (QED) is 0.0533. The summed E-state index contributed by atoms with van der Waals surface area (Å²) in [5.41, 5.74) is 0. The summed E-state index contributed by atoms with van der Waals surface area (Å²) < 4.78 is 0. The van der Waals surface area contributed by atoms with Crippen LogP contribution in [0.4, 0.5) is 0 Å². The summed E-state index contributed by atoms with van der Waals surface area (Å²) in [7, 11) is -7.13. The summed E-state index contributed by atoms with van der Waals surface area (Å²) >= 11 is 0. The van der Waals surface area contributed by atoms with Crippen LogP contribution in [0.1, 0.15) is 302 Å². The van der Waals surface area contributed by atoms with Crippen LogP contribution < -0.4 is 0 Å². The molecule has 0 aliphatic rings. The van der Waals surface area contributed by atoms with Gasteiger partial charge in [-0.25, -0.2) is 0 Å². The van der Waals surface area contributed by atoms with E-state index >= 15 is 0 Å². The number of hydrogen-bond donors (Lipinski definition) is 0. The van der Waals surface area contributed by atoms with Crippen LogP contribution in [0.15, 0.2) is 0 Å². The van der Waals surface area contributed by atoms with Gasteiger partial charge in [0.2, 0.25) is 0 Å². The number of rotatable bonds is 49. The van der Waals surface area contributed by atoms with Crippen molar-refractivity contribution in [1.82, 2.24) is 0 Å². The minimum absolute atomic E-state index is 0.616. The molecule has 0 fully saturated rings. The molecule has 0 bridgehead atoms. The summed E-state index contributed by atoms with van der Waals surface area (Å²) in [5.74, 6) is 12.8. The van der Waals surface area contributed by atoms with E-state index in [1.807, 2.05) is 0 Å². The van der Waals surface area contributed by atoms with E-state index in [0.717, 1.165) is 88.8 Å². The molecule has 0 aromatic rings. The Morgan fingerprint density at radius 3 is 0.693 bits per heavy atom. The maximum absolute atomic E-state index is 2.83. The fraction of sp³-hybridized carbons (Fsp3) is 1.00. The van der Waals surface area contributed by atoms with E-state index in [2.05, 4.69) is 173 Å². The predicted molar refractivity (Wildman–Crippen MR) is 363 cm³/mol. The van der Waals surface area contributed by atoms with Crippen molar-refractivity contribution in [3.63, 3.8) is 0 Å². The highest BCUT2D eigenvalue weighted by Crippen LogP contribution is 2.55. The molecule has 0 aliphatic heterocycles. The van der Waals surface area contributed by atoms with Crippen LogP contribution >= 0.6 is 0 Å². The lowest BCUT2D eigenvalue weighted by molar-refractivity contribution is 0.445. The first-order chi connectivity index (χ1) is 34.9. The van der Waals surface area contributed by atoms with Gasteiger partial charge in [0.25, 0.3) is 0 Å². The normalized spacial score (nSPS) is 17.6. The van der Waals surface area contributed by atoms with Crippen LogP contribution in [-0.2, 0) is 0 Å². The fourth-order valence-corrected chi connectivity index (χ4v) is 134. The van der Waals surface area contributed by atoms with Gasteiger partial charge in [0, 0.05) is 38.0 Å². The minimum Gasteiger partial charge on any atom is -0.0631 e. The lowest BCUT2D eigenvalue weighted by Crippen LogP contribution is -2.86. The molecule has 2 radical (unpaired) electrons. The molecule has 3 unspecified atom stereocenters. The second kappa shape index (κ2) is 41.1. The van der Waals surface area contributed by atoms with Gasteiger partial charge in [0.1, 0.15) is 0 Å².